The predicted molar refractivity (Wildman–Crippen MR) is 73.1 cm³/mol. The van der Waals surface area contributed by atoms with Gasteiger partial charge in [-0.15, -0.1) is 11.3 Å². The molecule has 2 rings (SSSR count). The molecular weight excluding hydrogens is 230 g/mol. The van der Waals surface area contributed by atoms with Crippen molar-refractivity contribution in [3.05, 3.63) is 33.8 Å². The van der Waals surface area contributed by atoms with Gasteiger partial charge in [-0.1, -0.05) is 0 Å². The lowest BCUT2D eigenvalue weighted by atomic mass is 10.1. The summed E-state index contributed by atoms with van der Waals surface area (Å²) >= 11 is 1.72. The quantitative estimate of drug-likeness (QED) is 0.798. The molecule has 1 aromatic heterocycles. The molecule has 2 aromatic rings. The van der Waals surface area contributed by atoms with E-state index in [4.69, 9.17) is 4.74 Å². The summed E-state index contributed by atoms with van der Waals surface area (Å²) in [5, 5.41) is 1.04. The lowest BCUT2D eigenvalue weighted by Gasteiger charge is -2.09. The maximum atomic E-state index is 5.45. The zero-order valence-electron chi connectivity index (χ0n) is 10.9. The Kier molecular flexibility index (Phi) is 3.20. The zero-order chi connectivity index (χ0) is 12.6. The van der Waals surface area contributed by atoms with Gasteiger partial charge in [0.25, 0.3) is 0 Å². The number of rotatable bonds is 2. The van der Waals surface area contributed by atoms with Crippen LogP contribution in [-0.4, -0.2) is 12.1 Å². The minimum Gasteiger partial charge on any atom is -0.496 e. The van der Waals surface area contributed by atoms with Crippen molar-refractivity contribution >= 4 is 11.3 Å². The van der Waals surface area contributed by atoms with E-state index >= 15 is 0 Å². The molecule has 0 N–H and O–H groups in total. The molecular formula is C14H17NOS. The Hall–Kier alpha value is -1.35. The third-order valence-electron chi connectivity index (χ3n) is 3.07. The Morgan fingerprint density at radius 2 is 1.71 bits per heavy atom. The molecule has 0 fully saturated rings. The molecule has 0 spiro atoms. The smallest absolute Gasteiger partial charge is 0.129 e. The first-order chi connectivity index (χ1) is 8.02. The van der Waals surface area contributed by atoms with Crippen LogP contribution in [0.5, 0.6) is 5.75 Å². The molecule has 0 bridgehead atoms. The summed E-state index contributed by atoms with van der Waals surface area (Å²) in [6.07, 6.45) is 0. The van der Waals surface area contributed by atoms with Gasteiger partial charge in [0.15, 0.2) is 0 Å². The molecule has 0 saturated carbocycles. The summed E-state index contributed by atoms with van der Waals surface area (Å²) in [4.78, 5) is 5.86. The average molecular weight is 247 g/mol. The van der Waals surface area contributed by atoms with E-state index in [0.29, 0.717) is 0 Å². The highest BCUT2D eigenvalue weighted by Crippen LogP contribution is 2.35. The molecule has 2 nitrogen and oxygen atoms in total. The first-order valence-electron chi connectivity index (χ1n) is 5.62. The van der Waals surface area contributed by atoms with Crippen LogP contribution in [0.15, 0.2) is 12.1 Å². The van der Waals surface area contributed by atoms with Crippen molar-refractivity contribution in [2.24, 2.45) is 0 Å². The topological polar surface area (TPSA) is 22.1 Å². The van der Waals surface area contributed by atoms with Crippen LogP contribution < -0.4 is 4.74 Å². The number of aryl methyl sites for hydroxylation is 4. The molecule has 0 saturated heterocycles. The lowest BCUT2D eigenvalue weighted by molar-refractivity contribution is 0.416. The van der Waals surface area contributed by atoms with Gasteiger partial charge in [0.05, 0.1) is 18.4 Å². The summed E-state index contributed by atoms with van der Waals surface area (Å²) in [6, 6.07) is 4.24. The van der Waals surface area contributed by atoms with Crippen LogP contribution in [0, 0.1) is 27.7 Å². The number of hydrogen-bond acceptors (Lipinski definition) is 3. The van der Waals surface area contributed by atoms with E-state index in [1.807, 2.05) is 6.92 Å². The molecule has 0 atom stereocenters. The van der Waals surface area contributed by atoms with Crippen molar-refractivity contribution in [1.82, 2.24) is 4.98 Å². The highest BCUT2D eigenvalue weighted by atomic mass is 32.1. The number of thiazole rings is 1. The number of benzene rings is 1. The van der Waals surface area contributed by atoms with Gasteiger partial charge in [-0.25, -0.2) is 4.98 Å². The van der Waals surface area contributed by atoms with E-state index in [1.54, 1.807) is 18.4 Å². The Morgan fingerprint density at radius 3 is 2.24 bits per heavy atom. The molecule has 0 unspecified atom stereocenters. The van der Waals surface area contributed by atoms with Crippen LogP contribution in [0.3, 0.4) is 0 Å². The normalized spacial score (nSPS) is 10.6. The summed E-state index contributed by atoms with van der Waals surface area (Å²) < 4.78 is 5.45. The van der Waals surface area contributed by atoms with Crippen molar-refractivity contribution in [2.45, 2.75) is 27.7 Å². The second-order valence-electron chi connectivity index (χ2n) is 4.30. The van der Waals surface area contributed by atoms with Crippen molar-refractivity contribution in [3.8, 4) is 16.3 Å². The van der Waals surface area contributed by atoms with Crippen LogP contribution in [0.25, 0.3) is 10.6 Å². The molecule has 0 aliphatic rings. The van der Waals surface area contributed by atoms with E-state index in [2.05, 4.69) is 37.9 Å². The summed E-state index contributed by atoms with van der Waals surface area (Å²) in [6.45, 7) is 8.36. The number of methoxy groups -OCH3 is 1. The van der Waals surface area contributed by atoms with Gasteiger partial charge in [-0.2, -0.15) is 0 Å². The van der Waals surface area contributed by atoms with E-state index < -0.39 is 0 Å². The number of ether oxygens (including phenoxy) is 1. The fourth-order valence-electron chi connectivity index (χ4n) is 1.71. The van der Waals surface area contributed by atoms with E-state index in [1.165, 1.54) is 16.0 Å². The van der Waals surface area contributed by atoms with Crippen LogP contribution in [0.2, 0.25) is 0 Å². The standard InChI is InChI=1S/C14H17NOS/c1-8-6-12(13(16-5)7-9(8)2)14-15-10(3)11(4)17-14/h6-7H,1-5H3. The zero-order valence-corrected chi connectivity index (χ0v) is 11.7. The Morgan fingerprint density at radius 1 is 1.06 bits per heavy atom. The highest BCUT2D eigenvalue weighted by Gasteiger charge is 2.12. The molecule has 0 amide bonds. The fourth-order valence-corrected chi connectivity index (χ4v) is 2.65. The molecule has 0 aliphatic heterocycles. The van der Waals surface area contributed by atoms with Gasteiger partial charge in [0.1, 0.15) is 10.8 Å². The molecule has 0 aliphatic carbocycles. The first-order valence-corrected chi connectivity index (χ1v) is 6.44. The molecule has 90 valence electrons. The van der Waals surface area contributed by atoms with E-state index in [-0.39, 0.29) is 0 Å². The van der Waals surface area contributed by atoms with Gasteiger partial charge in [-0.05, 0) is 51.0 Å². The Balaban J connectivity index is 2.61. The van der Waals surface area contributed by atoms with Crippen molar-refractivity contribution in [3.63, 3.8) is 0 Å². The molecule has 1 heterocycles. The largest absolute Gasteiger partial charge is 0.496 e. The SMILES string of the molecule is COc1cc(C)c(C)cc1-c1nc(C)c(C)s1. The number of hydrogen-bond donors (Lipinski definition) is 0. The van der Waals surface area contributed by atoms with Crippen LogP contribution in [-0.2, 0) is 0 Å². The third kappa shape index (κ3) is 2.20. The van der Waals surface area contributed by atoms with E-state index in [9.17, 15) is 0 Å². The van der Waals surface area contributed by atoms with Crippen molar-refractivity contribution in [1.29, 1.82) is 0 Å². The minimum atomic E-state index is 0.904. The second-order valence-corrected chi connectivity index (χ2v) is 5.50. The average Bonchev–Trinajstić information content (AvgIpc) is 2.62. The van der Waals surface area contributed by atoms with E-state index in [0.717, 1.165) is 22.0 Å². The molecule has 17 heavy (non-hydrogen) atoms. The fraction of sp³-hybridized carbons (Fsp3) is 0.357. The summed E-state index contributed by atoms with van der Waals surface area (Å²) in [7, 11) is 1.71. The predicted octanol–water partition coefficient (Wildman–Crippen LogP) is 4.05. The maximum absolute atomic E-state index is 5.45. The Labute approximate surface area is 106 Å². The Bertz CT molecular complexity index is 538. The van der Waals surface area contributed by atoms with Crippen LogP contribution >= 0.6 is 11.3 Å². The lowest BCUT2D eigenvalue weighted by Crippen LogP contribution is -1.91. The van der Waals surface area contributed by atoms with Gasteiger partial charge in [0.2, 0.25) is 0 Å². The van der Waals surface area contributed by atoms with Gasteiger partial charge < -0.3 is 4.74 Å². The van der Waals surface area contributed by atoms with Crippen molar-refractivity contribution < 1.29 is 4.74 Å². The molecule has 1 aromatic carbocycles. The highest BCUT2D eigenvalue weighted by molar-refractivity contribution is 7.15. The monoisotopic (exact) mass is 247 g/mol. The van der Waals surface area contributed by atoms with Crippen molar-refractivity contribution in [2.75, 3.05) is 7.11 Å². The van der Waals surface area contributed by atoms with Gasteiger partial charge >= 0.3 is 0 Å². The second kappa shape index (κ2) is 4.49. The summed E-state index contributed by atoms with van der Waals surface area (Å²) in [5.74, 6) is 0.904. The first kappa shape index (κ1) is 12.1. The summed E-state index contributed by atoms with van der Waals surface area (Å²) in [5.41, 5.74) is 4.71. The minimum absolute atomic E-state index is 0.904. The van der Waals surface area contributed by atoms with Crippen LogP contribution in [0.4, 0.5) is 0 Å². The molecule has 0 radical (unpaired) electrons. The molecule has 3 heteroatoms. The number of nitrogens with zero attached hydrogens (tertiary/aromatic N) is 1. The van der Waals surface area contributed by atoms with Gasteiger partial charge in [-0.3, -0.25) is 0 Å². The number of aromatic nitrogens is 1. The third-order valence-corrected chi connectivity index (χ3v) is 4.18. The maximum Gasteiger partial charge on any atom is 0.129 e. The van der Waals surface area contributed by atoms with Gasteiger partial charge in [0, 0.05) is 4.88 Å². The van der Waals surface area contributed by atoms with Crippen LogP contribution in [0.1, 0.15) is 21.7 Å².